The smallest absolute Gasteiger partial charge is 0.124 e. The number of benzene rings is 9. The fourth-order valence-corrected chi connectivity index (χ4v) is 11.7. The molecular formula is C56H36N2S2. The molecule has 0 amide bonds. The van der Waals surface area contributed by atoms with Crippen LogP contribution in [0.1, 0.15) is 22.3 Å². The second-order valence-corrected chi connectivity index (χ2v) is 17.5. The number of thiazole rings is 1. The molecule has 2 nitrogen and oxygen atoms in total. The van der Waals surface area contributed by atoms with Gasteiger partial charge in [0.05, 0.1) is 26.0 Å². The van der Waals surface area contributed by atoms with Crippen LogP contribution in [0.4, 0.5) is 17.1 Å². The standard InChI is InChI=1S/C56H36N2S2/c1-4-15-37(16-5-1)38-27-29-39(30-28-38)55-57-50-36-43(32-34-53(50)60-55)58(51-25-14-23-47-46-22-11-13-26-52(46)59-54(47)51)42-31-33-45-44-21-10-12-24-48(44)56(49(45)35-42,40-17-6-2-7-18-40)41-19-8-3-9-20-41/h1-36H. The van der Waals surface area contributed by atoms with E-state index in [2.05, 4.69) is 223 Å². The maximum absolute atomic E-state index is 5.29. The second-order valence-electron chi connectivity index (χ2n) is 15.5. The van der Waals surface area contributed by atoms with E-state index in [1.807, 2.05) is 11.3 Å². The quantitative estimate of drug-likeness (QED) is 0.160. The molecule has 0 N–H and O–H groups in total. The zero-order valence-electron chi connectivity index (χ0n) is 32.5. The fourth-order valence-electron chi connectivity index (χ4n) is 9.52. The van der Waals surface area contributed by atoms with Gasteiger partial charge in [-0.05, 0) is 87.0 Å². The molecule has 0 saturated carbocycles. The van der Waals surface area contributed by atoms with Gasteiger partial charge in [0.2, 0.25) is 0 Å². The lowest BCUT2D eigenvalue weighted by molar-refractivity contribution is 0.768. The number of fused-ring (bicyclic) bond motifs is 7. The molecule has 0 unspecified atom stereocenters. The summed E-state index contributed by atoms with van der Waals surface area (Å²) in [6.07, 6.45) is 0. The monoisotopic (exact) mass is 800 g/mol. The average molecular weight is 801 g/mol. The van der Waals surface area contributed by atoms with Gasteiger partial charge in [0, 0.05) is 32.4 Å². The molecule has 11 aromatic rings. The van der Waals surface area contributed by atoms with Crippen molar-refractivity contribution in [3.63, 3.8) is 0 Å². The Morgan fingerprint density at radius 3 is 1.78 bits per heavy atom. The van der Waals surface area contributed by atoms with Gasteiger partial charge < -0.3 is 4.90 Å². The largest absolute Gasteiger partial charge is 0.309 e. The van der Waals surface area contributed by atoms with Crippen LogP contribution in [0.25, 0.3) is 63.2 Å². The third kappa shape index (κ3) is 5.42. The summed E-state index contributed by atoms with van der Waals surface area (Å²) < 4.78 is 3.71. The molecule has 0 saturated heterocycles. The van der Waals surface area contributed by atoms with E-state index in [1.165, 1.54) is 64.7 Å². The van der Waals surface area contributed by atoms with Crippen LogP contribution >= 0.6 is 22.7 Å². The van der Waals surface area contributed by atoms with E-state index in [0.29, 0.717) is 0 Å². The molecule has 0 atom stereocenters. The third-order valence-corrected chi connectivity index (χ3v) is 14.5. The summed E-state index contributed by atoms with van der Waals surface area (Å²) in [6, 6.07) is 79.9. The van der Waals surface area contributed by atoms with Crippen molar-refractivity contribution >= 4 is 70.1 Å². The highest BCUT2D eigenvalue weighted by Gasteiger charge is 2.46. The molecule has 0 aliphatic heterocycles. The van der Waals surface area contributed by atoms with Crippen molar-refractivity contribution in [2.75, 3.05) is 4.90 Å². The van der Waals surface area contributed by atoms with Gasteiger partial charge in [0.15, 0.2) is 0 Å². The highest BCUT2D eigenvalue weighted by Crippen LogP contribution is 2.57. The van der Waals surface area contributed by atoms with Gasteiger partial charge in [-0.2, -0.15) is 0 Å². The van der Waals surface area contributed by atoms with Crippen LogP contribution < -0.4 is 4.90 Å². The van der Waals surface area contributed by atoms with Crippen LogP contribution in [0.15, 0.2) is 218 Å². The van der Waals surface area contributed by atoms with Gasteiger partial charge in [-0.1, -0.05) is 176 Å². The SMILES string of the molecule is c1ccc(-c2ccc(-c3nc4cc(N(c5ccc6c(c5)C(c5ccccc5)(c5ccccc5)c5ccccc5-6)c5cccc6c5sc5ccccc56)ccc4s3)cc2)cc1. The van der Waals surface area contributed by atoms with E-state index >= 15 is 0 Å². The fraction of sp³-hybridized carbons (Fsp3) is 0.0179. The van der Waals surface area contributed by atoms with Crippen LogP contribution in [-0.2, 0) is 5.41 Å². The molecule has 0 radical (unpaired) electrons. The van der Waals surface area contributed by atoms with E-state index in [9.17, 15) is 0 Å². The molecule has 4 heteroatoms. The summed E-state index contributed by atoms with van der Waals surface area (Å²) >= 11 is 3.61. The van der Waals surface area contributed by atoms with Crippen molar-refractivity contribution in [3.8, 4) is 32.8 Å². The Hall–Kier alpha value is -7.11. The number of thiophene rings is 1. The summed E-state index contributed by atoms with van der Waals surface area (Å²) in [4.78, 5) is 7.76. The summed E-state index contributed by atoms with van der Waals surface area (Å²) in [5.74, 6) is 0. The molecule has 2 aromatic heterocycles. The summed E-state index contributed by atoms with van der Waals surface area (Å²) in [6.45, 7) is 0. The van der Waals surface area contributed by atoms with Crippen LogP contribution in [-0.4, -0.2) is 4.98 Å². The summed E-state index contributed by atoms with van der Waals surface area (Å²) in [7, 11) is 0. The van der Waals surface area contributed by atoms with Crippen molar-refractivity contribution in [1.82, 2.24) is 4.98 Å². The summed E-state index contributed by atoms with van der Waals surface area (Å²) in [5, 5.41) is 3.57. The lowest BCUT2D eigenvalue weighted by Gasteiger charge is -2.35. The van der Waals surface area contributed by atoms with E-state index in [1.54, 1.807) is 11.3 Å². The molecule has 2 heterocycles. The molecule has 60 heavy (non-hydrogen) atoms. The Labute approximate surface area is 356 Å². The Balaban J connectivity index is 1.07. The minimum absolute atomic E-state index is 0.510. The first-order valence-electron chi connectivity index (χ1n) is 20.4. The van der Waals surface area contributed by atoms with Gasteiger partial charge in [0.25, 0.3) is 0 Å². The van der Waals surface area contributed by atoms with Crippen molar-refractivity contribution in [2.24, 2.45) is 0 Å². The van der Waals surface area contributed by atoms with Crippen LogP contribution in [0, 0.1) is 0 Å². The first kappa shape index (κ1) is 34.9. The molecule has 1 aliphatic carbocycles. The molecular weight excluding hydrogens is 765 g/mol. The molecule has 282 valence electrons. The van der Waals surface area contributed by atoms with E-state index in [4.69, 9.17) is 4.98 Å². The Bertz CT molecular complexity index is 3330. The number of rotatable bonds is 7. The van der Waals surface area contributed by atoms with Gasteiger partial charge in [-0.25, -0.2) is 4.98 Å². The number of nitrogens with zero attached hydrogens (tertiary/aromatic N) is 2. The van der Waals surface area contributed by atoms with Crippen molar-refractivity contribution in [3.05, 3.63) is 241 Å². The van der Waals surface area contributed by atoms with Crippen LogP contribution in [0.5, 0.6) is 0 Å². The minimum Gasteiger partial charge on any atom is -0.309 e. The summed E-state index contributed by atoms with van der Waals surface area (Å²) in [5.41, 5.74) is 15.0. The second kappa shape index (κ2) is 14.0. The highest BCUT2D eigenvalue weighted by molar-refractivity contribution is 7.26. The van der Waals surface area contributed by atoms with E-state index in [-0.39, 0.29) is 0 Å². The van der Waals surface area contributed by atoms with Gasteiger partial charge in [-0.3, -0.25) is 0 Å². The lowest BCUT2D eigenvalue weighted by Crippen LogP contribution is -2.28. The van der Waals surface area contributed by atoms with E-state index < -0.39 is 5.41 Å². The molecule has 9 aromatic carbocycles. The Kier molecular flexibility index (Phi) is 8.15. The van der Waals surface area contributed by atoms with Crippen molar-refractivity contribution < 1.29 is 0 Å². The Morgan fingerprint density at radius 2 is 1.00 bits per heavy atom. The van der Waals surface area contributed by atoms with Crippen LogP contribution in [0.2, 0.25) is 0 Å². The number of anilines is 3. The predicted molar refractivity (Wildman–Crippen MR) is 255 cm³/mol. The first-order valence-corrected chi connectivity index (χ1v) is 22.0. The molecule has 0 fully saturated rings. The van der Waals surface area contributed by atoms with Gasteiger partial charge in [0.1, 0.15) is 5.01 Å². The first-order chi connectivity index (χ1) is 29.7. The van der Waals surface area contributed by atoms with Crippen molar-refractivity contribution in [2.45, 2.75) is 5.41 Å². The zero-order chi connectivity index (χ0) is 39.6. The zero-order valence-corrected chi connectivity index (χ0v) is 34.1. The van der Waals surface area contributed by atoms with Crippen molar-refractivity contribution in [1.29, 1.82) is 0 Å². The number of aromatic nitrogens is 1. The lowest BCUT2D eigenvalue weighted by atomic mass is 9.67. The minimum atomic E-state index is -0.510. The van der Waals surface area contributed by atoms with Gasteiger partial charge in [-0.15, -0.1) is 22.7 Å². The van der Waals surface area contributed by atoms with Crippen LogP contribution in [0.3, 0.4) is 0 Å². The van der Waals surface area contributed by atoms with Gasteiger partial charge >= 0.3 is 0 Å². The maximum atomic E-state index is 5.29. The molecule has 12 rings (SSSR count). The topological polar surface area (TPSA) is 16.1 Å². The molecule has 0 bridgehead atoms. The van der Waals surface area contributed by atoms with E-state index in [0.717, 1.165) is 37.8 Å². The maximum Gasteiger partial charge on any atom is 0.124 e. The Morgan fingerprint density at radius 1 is 0.400 bits per heavy atom. The predicted octanol–water partition coefficient (Wildman–Crippen LogP) is 15.8. The normalized spacial score (nSPS) is 12.8. The number of hydrogen-bond donors (Lipinski definition) is 0. The molecule has 1 aliphatic rings. The molecule has 0 spiro atoms. The third-order valence-electron chi connectivity index (χ3n) is 12.2. The number of hydrogen-bond acceptors (Lipinski definition) is 4. The average Bonchev–Trinajstić information content (AvgIpc) is 4.01. The highest BCUT2D eigenvalue weighted by atomic mass is 32.1.